The average molecular weight is 315 g/mol. The Bertz CT molecular complexity index is 444. The van der Waals surface area contributed by atoms with Gasteiger partial charge in [0.2, 0.25) is 0 Å². The fraction of sp³-hybridized carbons (Fsp3) is 0.615. The summed E-state index contributed by atoms with van der Waals surface area (Å²) in [5.74, 6) is 0.0538. The van der Waals surface area contributed by atoms with Crippen LogP contribution in [0.4, 0.5) is 0 Å². The van der Waals surface area contributed by atoms with Crippen LogP contribution in [0.15, 0.2) is 16.7 Å². The summed E-state index contributed by atoms with van der Waals surface area (Å²) in [6.45, 7) is 5.87. The number of amides is 1. The molecule has 1 amide bonds. The van der Waals surface area contributed by atoms with Gasteiger partial charge in [0.05, 0.1) is 5.60 Å². The quantitative estimate of drug-likeness (QED) is 0.910. The Balaban J connectivity index is 2.12. The molecule has 0 aliphatic carbocycles. The minimum Gasteiger partial charge on any atom is -0.390 e. The van der Waals surface area contributed by atoms with Gasteiger partial charge in [-0.25, -0.2) is 0 Å². The number of hydrogen-bond acceptors (Lipinski definition) is 2. The van der Waals surface area contributed by atoms with Crippen LogP contribution >= 0.6 is 15.9 Å². The minimum absolute atomic E-state index is 0.0538. The van der Waals surface area contributed by atoms with Crippen LogP contribution in [0.1, 0.15) is 37.2 Å². The van der Waals surface area contributed by atoms with Crippen LogP contribution < -0.4 is 0 Å². The third-order valence-corrected chi connectivity index (χ3v) is 3.98. The van der Waals surface area contributed by atoms with E-state index in [9.17, 15) is 9.90 Å². The van der Waals surface area contributed by atoms with E-state index in [1.54, 1.807) is 0 Å². The third kappa shape index (κ3) is 2.78. The molecule has 1 aliphatic heterocycles. The Labute approximate surface area is 116 Å². The van der Waals surface area contributed by atoms with E-state index >= 15 is 0 Å². The molecule has 0 saturated carbocycles. The van der Waals surface area contributed by atoms with Crippen molar-refractivity contribution in [3.63, 3.8) is 0 Å². The van der Waals surface area contributed by atoms with E-state index in [0.717, 1.165) is 11.0 Å². The summed E-state index contributed by atoms with van der Waals surface area (Å²) in [4.78, 5) is 14.2. The van der Waals surface area contributed by atoms with E-state index in [2.05, 4.69) is 15.9 Å². The standard InChI is InChI=1S/C13H19BrN2O2/c1-3-15-9-10(14)8-11(15)12(17)16-6-4-13(2,18)5-7-16/h8-9,18H,3-7H2,1-2H3. The van der Waals surface area contributed by atoms with Gasteiger partial charge in [-0.15, -0.1) is 0 Å². The number of aliphatic hydroxyl groups is 1. The zero-order valence-corrected chi connectivity index (χ0v) is 12.4. The topological polar surface area (TPSA) is 45.5 Å². The molecule has 1 N–H and O–H groups in total. The molecule has 100 valence electrons. The molecule has 5 heteroatoms. The zero-order chi connectivity index (χ0) is 13.3. The van der Waals surface area contributed by atoms with E-state index < -0.39 is 5.60 Å². The number of aryl methyl sites for hydroxylation is 1. The van der Waals surface area contributed by atoms with Gasteiger partial charge in [-0.1, -0.05) is 0 Å². The Morgan fingerprint density at radius 2 is 2.11 bits per heavy atom. The van der Waals surface area contributed by atoms with Gasteiger partial charge in [0.25, 0.3) is 5.91 Å². The van der Waals surface area contributed by atoms with Crippen molar-refractivity contribution in [1.82, 2.24) is 9.47 Å². The largest absolute Gasteiger partial charge is 0.390 e. The molecule has 1 aromatic rings. The predicted molar refractivity (Wildman–Crippen MR) is 73.6 cm³/mol. The predicted octanol–water partition coefficient (Wildman–Crippen LogP) is 2.26. The van der Waals surface area contributed by atoms with Gasteiger partial charge < -0.3 is 14.6 Å². The number of nitrogens with zero attached hydrogens (tertiary/aromatic N) is 2. The van der Waals surface area contributed by atoms with Gasteiger partial charge >= 0.3 is 0 Å². The lowest BCUT2D eigenvalue weighted by atomic mass is 9.94. The SMILES string of the molecule is CCn1cc(Br)cc1C(=O)N1CCC(C)(O)CC1. The van der Waals surface area contributed by atoms with Crippen molar-refractivity contribution >= 4 is 21.8 Å². The summed E-state index contributed by atoms with van der Waals surface area (Å²) in [5.41, 5.74) is 0.0929. The van der Waals surface area contributed by atoms with Crippen LogP contribution in [0.5, 0.6) is 0 Å². The number of carbonyl (C=O) groups excluding carboxylic acids is 1. The van der Waals surface area contributed by atoms with Crippen molar-refractivity contribution in [3.05, 3.63) is 22.4 Å². The van der Waals surface area contributed by atoms with Gasteiger partial charge in [-0.2, -0.15) is 0 Å². The van der Waals surface area contributed by atoms with E-state index in [1.165, 1.54) is 0 Å². The minimum atomic E-state index is -0.621. The molecule has 2 rings (SSSR count). The average Bonchev–Trinajstić information content (AvgIpc) is 2.69. The summed E-state index contributed by atoms with van der Waals surface area (Å²) >= 11 is 3.40. The van der Waals surface area contributed by atoms with E-state index in [0.29, 0.717) is 31.6 Å². The van der Waals surface area contributed by atoms with Gasteiger partial charge in [0.15, 0.2) is 0 Å². The molecule has 1 aromatic heterocycles. The zero-order valence-electron chi connectivity index (χ0n) is 10.8. The Morgan fingerprint density at radius 3 is 2.67 bits per heavy atom. The van der Waals surface area contributed by atoms with Crippen molar-refractivity contribution < 1.29 is 9.90 Å². The third-order valence-electron chi connectivity index (χ3n) is 3.55. The monoisotopic (exact) mass is 314 g/mol. The molecular weight excluding hydrogens is 296 g/mol. The Kier molecular flexibility index (Phi) is 3.82. The number of aromatic nitrogens is 1. The molecule has 1 saturated heterocycles. The normalized spacial score (nSPS) is 19.0. The van der Waals surface area contributed by atoms with Crippen molar-refractivity contribution in [2.24, 2.45) is 0 Å². The number of hydrogen-bond donors (Lipinski definition) is 1. The Hall–Kier alpha value is -0.810. The van der Waals surface area contributed by atoms with Crippen LogP contribution in [-0.2, 0) is 6.54 Å². The maximum absolute atomic E-state index is 12.4. The Morgan fingerprint density at radius 1 is 1.50 bits per heavy atom. The van der Waals surface area contributed by atoms with Gasteiger partial charge in [-0.3, -0.25) is 4.79 Å². The summed E-state index contributed by atoms with van der Waals surface area (Å²) in [5, 5.41) is 9.90. The van der Waals surface area contributed by atoms with Gasteiger partial charge in [0.1, 0.15) is 5.69 Å². The second-order valence-corrected chi connectivity index (χ2v) is 6.03. The first-order valence-corrected chi connectivity index (χ1v) is 7.09. The number of halogens is 1. The first kappa shape index (κ1) is 13.6. The molecule has 0 aromatic carbocycles. The molecule has 4 nitrogen and oxygen atoms in total. The molecule has 1 fully saturated rings. The highest BCUT2D eigenvalue weighted by atomic mass is 79.9. The number of rotatable bonds is 2. The molecule has 0 bridgehead atoms. The molecule has 0 spiro atoms. The molecule has 2 heterocycles. The lowest BCUT2D eigenvalue weighted by Gasteiger charge is -2.35. The maximum Gasteiger partial charge on any atom is 0.270 e. The van der Waals surface area contributed by atoms with Gasteiger partial charge in [0, 0.05) is 30.3 Å². The lowest BCUT2D eigenvalue weighted by Crippen LogP contribution is -2.45. The van der Waals surface area contributed by atoms with E-state index in [1.807, 2.05) is 35.6 Å². The molecule has 0 radical (unpaired) electrons. The van der Waals surface area contributed by atoms with Crippen LogP contribution in [0.3, 0.4) is 0 Å². The molecule has 1 aliphatic rings. The van der Waals surface area contributed by atoms with Crippen molar-refractivity contribution in [3.8, 4) is 0 Å². The highest BCUT2D eigenvalue weighted by Gasteiger charge is 2.30. The van der Waals surface area contributed by atoms with Crippen molar-refractivity contribution in [2.45, 2.75) is 38.8 Å². The smallest absolute Gasteiger partial charge is 0.270 e. The van der Waals surface area contributed by atoms with Gasteiger partial charge in [-0.05, 0) is 48.7 Å². The van der Waals surface area contributed by atoms with Crippen molar-refractivity contribution in [1.29, 1.82) is 0 Å². The summed E-state index contributed by atoms with van der Waals surface area (Å²) < 4.78 is 2.87. The second-order valence-electron chi connectivity index (χ2n) is 5.12. The summed E-state index contributed by atoms with van der Waals surface area (Å²) in [7, 11) is 0. The van der Waals surface area contributed by atoms with E-state index in [-0.39, 0.29) is 5.91 Å². The highest BCUT2D eigenvalue weighted by Crippen LogP contribution is 2.23. The molecule has 0 unspecified atom stereocenters. The van der Waals surface area contributed by atoms with Crippen LogP contribution in [0, 0.1) is 0 Å². The number of likely N-dealkylation sites (tertiary alicyclic amines) is 1. The number of piperidine rings is 1. The van der Waals surface area contributed by atoms with Crippen LogP contribution in [0.2, 0.25) is 0 Å². The maximum atomic E-state index is 12.4. The van der Waals surface area contributed by atoms with Crippen LogP contribution in [0.25, 0.3) is 0 Å². The lowest BCUT2D eigenvalue weighted by molar-refractivity contribution is -0.00231. The molecular formula is C13H19BrN2O2. The summed E-state index contributed by atoms with van der Waals surface area (Å²) in [6, 6.07) is 1.86. The molecule has 0 atom stereocenters. The summed E-state index contributed by atoms with van der Waals surface area (Å²) in [6.07, 6.45) is 3.22. The second kappa shape index (κ2) is 5.05. The highest BCUT2D eigenvalue weighted by molar-refractivity contribution is 9.10. The molecule has 18 heavy (non-hydrogen) atoms. The fourth-order valence-electron chi connectivity index (χ4n) is 2.27. The fourth-order valence-corrected chi connectivity index (χ4v) is 2.73. The first-order valence-electron chi connectivity index (χ1n) is 6.30. The number of carbonyl (C=O) groups is 1. The first-order chi connectivity index (χ1) is 8.43. The van der Waals surface area contributed by atoms with Crippen molar-refractivity contribution in [2.75, 3.05) is 13.1 Å². The van der Waals surface area contributed by atoms with E-state index in [4.69, 9.17) is 0 Å². The van der Waals surface area contributed by atoms with Crippen LogP contribution in [-0.4, -0.2) is 39.2 Å².